The molecule has 2 fully saturated rings. The highest BCUT2D eigenvalue weighted by atomic mass is 16.5. The smallest absolute Gasteiger partial charge is 0.0726 e. The minimum atomic E-state index is 0.472. The summed E-state index contributed by atoms with van der Waals surface area (Å²) in [6.07, 6.45) is 9.94. The Labute approximate surface area is 100 Å². The van der Waals surface area contributed by atoms with E-state index in [0.717, 1.165) is 18.6 Å². The predicted molar refractivity (Wildman–Crippen MR) is 67.6 cm³/mol. The largest absolute Gasteiger partial charge is 0.377 e. The van der Waals surface area contributed by atoms with Gasteiger partial charge in [0.2, 0.25) is 0 Å². The van der Waals surface area contributed by atoms with Crippen molar-refractivity contribution in [2.24, 2.45) is 5.92 Å². The molecule has 0 bridgehead atoms. The van der Waals surface area contributed by atoms with Crippen LogP contribution in [-0.4, -0.2) is 24.8 Å². The zero-order valence-corrected chi connectivity index (χ0v) is 10.9. The number of nitrogens with one attached hydrogen (secondary N) is 1. The van der Waals surface area contributed by atoms with Crippen LogP contribution in [0.15, 0.2) is 0 Å². The van der Waals surface area contributed by atoms with Crippen molar-refractivity contribution in [1.29, 1.82) is 0 Å². The number of rotatable bonds is 4. The molecule has 0 radical (unpaired) electrons. The molecule has 1 saturated heterocycles. The van der Waals surface area contributed by atoms with Gasteiger partial charge in [-0.15, -0.1) is 0 Å². The van der Waals surface area contributed by atoms with Crippen molar-refractivity contribution in [2.45, 2.75) is 77.0 Å². The molecule has 1 aliphatic heterocycles. The molecule has 94 valence electrons. The van der Waals surface area contributed by atoms with Crippen LogP contribution >= 0.6 is 0 Å². The summed E-state index contributed by atoms with van der Waals surface area (Å²) < 4.78 is 5.76. The second-order valence-corrected chi connectivity index (χ2v) is 5.57. The molecule has 0 aromatic rings. The van der Waals surface area contributed by atoms with Crippen LogP contribution in [-0.2, 0) is 4.74 Å². The summed E-state index contributed by atoms with van der Waals surface area (Å²) in [7, 11) is 0. The van der Waals surface area contributed by atoms with Crippen molar-refractivity contribution in [1.82, 2.24) is 5.32 Å². The summed E-state index contributed by atoms with van der Waals surface area (Å²) in [5.74, 6) is 0.901. The Hall–Kier alpha value is -0.0800. The summed E-state index contributed by atoms with van der Waals surface area (Å²) in [5, 5.41) is 3.84. The fourth-order valence-corrected chi connectivity index (χ4v) is 3.36. The molecule has 0 aromatic carbocycles. The molecule has 0 amide bonds. The highest BCUT2D eigenvalue weighted by molar-refractivity contribution is 4.85. The molecular weight excluding hydrogens is 198 g/mol. The van der Waals surface area contributed by atoms with Crippen molar-refractivity contribution in [2.75, 3.05) is 6.61 Å². The van der Waals surface area contributed by atoms with E-state index in [0.29, 0.717) is 12.1 Å². The highest BCUT2D eigenvalue weighted by Gasteiger charge is 2.28. The van der Waals surface area contributed by atoms with E-state index in [1.54, 1.807) is 0 Å². The van der Waals surface area contributed by atoms with Gasteiger partial charge in [-0.3, -0.25) is 0 Å². The van der Waals surface area contributed by atoms with Crippen LogP contribution in [0.1, 0.15) is 58.8 Å². The van der Waals surface area contributed by atoms with Gasteiger partial charge in [-0.05, 0) is 38.5 Å². The molecule has 1 saturated carbocycles. The van der Waals surface area contributed by atoms with E-state index in [4.69, 9.17) is 4.74 Å². The van der Waals surface area contributed by atoms with Gasteiger partial charge in [-0.25, -0.2) is 0 Å². The SMILES string of the molecule is CCC1CCCCC1NC(C)C1CCCO1. The van der Waals surface area contributed by atoms with Crippen molar-refractivity contribution in [3.63, 3.8) is 0 Å². The van der Waals surface area contributed by atoms with Crippen LogP contribution in [0, 0.1) is 5.92 Å². The van der Waals surface area contributed by atoms with Crippen LogP contribution < -0.4 is 5.32 Å². The Morgan fingerprint density at radius 2 is 2.00 bits per heavy atom. The van der Waals surface area contributed by atoms with Crippen LogP contribution in [0.3, 0.4) is 0 Å². The third-order valence-electron chi connectivity index (χ3n) is 4.43. The molecule has 4 unspecified atom stereocenters. The molecule has 0 spiro atoms. The van der Waals surface area contributed by atoms with E-state index in [2.05, 4.69) is 19.2 Å². The second kappa shape index (κ2) is 6.02. The first-order valence-corrected chi connectivity index (χ1v) is 7.19. The monoisotopic (exact) mass is 225 g/mol. The third-order valence-corrected chi connectivity index (χ3v) is 4.43. The van der Waals surface area contributed by atoms with Gasteiger partial charge in [-0.1, -0.05) is 26.2 Å². The third kappa shape index (κ3) is 2.98. The van der Waals surface area contributed by atoms with Crippen molar-refractivity contribution in [3.05, 3.63) is 0 Å². The van der Waals surface area contributed by atoms with Gasteiger partial charge < -0.3 is 10.1 Å². The van der Waals surface area contributed by atoms with E-state index in [1.807, 2.05) is 0 Å². The van der Waals surface area contributed by atoms with Gasteiger partial charge in [0.15, 0.2) is 0 Å². The maximum Gasteiger partial charge on any atom is 0.0726 e. The molecule has 4 atom stereocenters. The standard InChI is InChI=1S/C14H27NO/c1-3-12-7-4-5-8-13(12)15-11(2)14-9-6-10-16-14/h11-15H,3-10H2,1-2H3. The Morgan fingerprint density at radius 3 is 2.69 bits per heavy atom. The maximum atomic E-state index is 5.76. The van der Waals surface area contributed by atoms with Crippen LogP contribution in [0.25, 0.3) is 0 Å². The minimum absolute atomic E-state index is 0.472. The first kappa shape index (κ1) is 12.4. The Balaban J connectivity index is 1.81. The summed E-state index contributed by atoms with van der Waals surface area (Å²) >= 11 is 0. The maximum absolute atomic E-state index is 5.76. The molecule has 1 aliphatic carbocycles. The zero-order valence-electron chi connectivity index (χ0n) is 10.9. The topological polar surface area (TPSA) is 21.3 Å². The van der Waals surface area contributed by atoms with Crippen LogP contribution in [0.4, 0.5) is 0 Å². The lowest BCUT2D eigenvalue weighted by Gasteiger charge is -2.35. The molecule has 16 heavy (non-hydrogen) atoms. The molecular formula is C14H27NO. The van der Waals surface area contributed by atoms with E-state index in [1.165, 1.54) is 44.9 Å². The predicted octanol–water partition coefficient (Wildman–Crippen LogP) is 3.11. The average Bonchev–Trinajstić information content (AvgIpc) is 2.83. The van der Waals surface area contributed by atoms with Gasteiger partial charge in [0.25, 0.3) is 0 Å². The van der Waals surface area contributed by atoms with Gasteiger partial charge in [0, 0.05) is 18.7 Å². The summed E-state index contributed by atoms with van der Waals surface area (Å²) in [6.45, 7) is 5.61. The van der Waals surface area contributed by atoms with Gasteiger partial charge in [0.1, 0.15) is 0 Å². The van der Waals surface area contributed by atoms with Crippen molar-refractivity contribution >= 4 is 0 Å². The lowest BCUT2D eigenvalue weighted by molar-refractivity contribution is 0.0724. The highest BCUT2D eigenvalue weighted by Crippen LogP contribution is 2.28. The first-order chi connectivity index (χ1) is 7.81. The second-order valence-electron chi connectivity index (χ2n) is 5.57. The normalized spacial score (nSPS) is 37.5. The van der Waals surface area contributed by atoms with E-state index >= 15 is 0 Å². The molecule has 1 N–H and O–H groups in total. The molecule has 2 aliphatic rings. The quantitative estimate of drug-likeness (QED) is 0.794. The summed E-state index contributed by atoms with van der Waals surface area (Å²) in [6, 6.07) is 1.29. The Bertz CT molecular complexity index is 201. The zero-order chi connectivity index (χ0) is 11.4. The molecule has 1 heterocycles. The van der Waals surface area contributed by atoms with Crippen molar-refractivity contribution < 1.29 is 4.74 Å². The van der Waals surface area contributed by atoms with E-state index in [-0.39, 0.29) is 0 Å². The fourth-order valence-electron chi connectivity index (χ4n) is 3.36. The number of hydrogen-bond acceptors (Lipinski definition) is 2. The summed E-state index contributed by atoms with van der Waals surface area (Å²) in [5.41, 5.74) is 0. The molecule has 2 heteroatoms. The van der Waals surface area contributed by atoms with Crippen molar-refractivity contribution in [3.8, 4) is 0 Å². The Kier molecular flexibility index (Phi) is 4.66. The van der Waals surface area contributed by atoms with E-state index < -0.39 is 0 Å². The first-order valence-electron chi connectivity index (χ1n) is 7.19. The molecule has 2 rings (SSSR count). The number of ether oxygens (including phenoxy) is 1. The summed E-state index contributed by atoms with van der Waals surface area (Å²) in [4.78, 5) is 0. The van der Waals surface area contributed by atoms with E-state index in [9.17, 15) is 0 Å². The van der Waals surface area contributed by atoms with Gasteiger partial charge in [0.05, 0.1) is 6.10 Å². The van der Waals surface area contributed by atoms with Gasteiger partial charge in [-0.2, -0.15) is 0 Å². The minimum Gasteiger partial charge on any atom is -0.377 e. The fraction of sp³-hybridized carbons (Fsp3) is 1.00. The molecule has 2 nitrogen and oxygen atoms in total. The number of hydrogen-bond donors (Lipinski definition) is 1. The van der Waals surface area contributed by atoms with Crippen LogP contribution in [0.2, 0.25) is 0 Å². The average molecular weight is 225 g/mol. The van der Waals surface area contributed by atoms with Crippen LogP contribution in [0.5, 0.6) is 0 Å². The lowest BCUT2D eigenvalue weighted by atomic mass is 9.82. The molecule has 0 aromatic heterocycles. The lowest BCUT2D eigenvalue weighted by Crippen LogP contribution is -2.47. The van der Waals surface area contributed by atoms with Gasteiger partial charge >= 0.3 is 0 Å². The Morgan fingerprint density at radius 1 is 1.19 bits per heavy atom.